The Kier molecular flexibility index (Phi) is 6.97. The highest BCUT2D eigenvalue weighted by atomic mass is 19.4. The lowest BCUT2D eigenvalue weighted by Gasteiger charge is -2.38. The summed E-state index contributed by atoms with van der Waals surface area (Å²) in [4.78, 5) is 21.7. The van der Waals surface area contributed by atoms with Gasteiger partial charge in [-0.25, -0.2) is 4.98 Å². The summed E-state index contributed by atoms with van der Waals surface area (Å²) >= 11 is 0. The molecule has 0 spiro atoms. The number of amides is 1. The molecule has 0 bridgehead atoms. The number of benzene rings is 3. The van der Waals surface area contributed by atoms with Gasteiger partial charge in [0.15, 0.2) is 5.58 Å². The average molecular weight is 604 g/mol. The molecule has 2 aromatic heterocycles. The van der Waals surface area contributed by atoms with E-state index in [0.717, 1.165) is 24.1 Å². The second-order valence-electron chi connectivity index (χ2n) is 11.3. The third kappa shape index (κ3) is 5.24. The maximum absolute atomic E-state index is 13.5. The Morgan fingerprint density at radius 2 is 1.68 bits per heavy atom. The zero-order valence-electron chi connectivity index (χ0n) is 23.5. The predicted octanol–water partition coefficient (Wildman–Crippen LogP) is 5.82. The average Bonchev–Trinajstić information content (AvgIpc) is 3.68. The molecule has 1 saturated heterocycles. The van der Waals surface area contributed by atoms with Gasteiger partial charge in [0.2, 0.25) is 17.7 Å². The molecule has 7 rings (SSSR count). The van der Waals surface area contributed by atoms with E-state index in [2.05, 4.69) is 20.1 Å². The van der Waals surface area contributed by atoms with Gasteiger partial charge in [-0.3, -0.25) is 9.69 Å². The number of hydrogen-bond donors (Lipinski definition) is 1. The van der Waals surface area contributed by atoms with Gasteiger partial charge in [0, 0.05) is 37.3 Å². The molecule has 1 saturated carbocycles. The first-order valence-electron chi connectivity index (χ1n) is 14.4. The molecule has 44 heavy (non-hydrogen) atoms. The molecule has 2 fully saturated rings. The van der Waals surface area contributed by atoms with E-state index in [1.165, 1.54) is 6.07 Å². The van der Waals surface area contributed by atoms with E-state index in [9.17, 15) is 23.1 Å². The molecular formula is C32H28F3N5O4. The van der Waals surface area contributed by atoms with Crippen LogP contribution in [0.3, 0.4) is 0 Å². The number of nitrogens with zero attached hydrogens (tertiary/aromatic N) is 5. The second-order valence-corrected chi connectivity index (χ2v) is 11.3. The fourth-order valence-corrected chi connectivity index (χ4v) is 5.78. The molecule has 1 aliphatic carbocycles. The monoisotopic (exact) mass is 603 g/mol. The van der Waals surface area contributed by atoms with Crippen LogP contribution >= 0.6 is 0 Å². The van der Waals surface area contributed by atoms with Crippen LogP contribution in [-0.2, 0) is 11.8 Å². The predicted molar refractivity (Wildman–Crippen MR) is 152 cm³/mol. The van der Waals surface area contributed by atoms with Gasteiger partial charge in [0.1, 0.15) is 17.2 Å². The Bertz CT molecular complexity index is 1810. The maximum atomic E-state index is 13.5. The molecule has 9 nitrogen and oxygen atoms in total. The highest BCUT2D eigenvalue weighted by molar-refractivity contribution is 5.95. The number of carbonyl (C=O) groups excluding carboxylic acids is 1. The molecule has 1 aliphatic heterocycles. The summed E-state index contributed by atoms with van der Waals surface area (Å²) in [5.74, 6) is 0.605. The number of carbonyl (C=O) groups is 1. The molecule has 5 aromatic rings. The number of aliphatic hydroxyl groups is 1. The number of rotatable bonds is 6. The molecule has 226 valence electrons. The van der Waals surface area contributed by atoms with Crippen LogP contribution in [0.1, 0.15) is 58.6 Å². The summed E-state index contributed by atoms with van der Waals surface area (Å²) < 4.78 is 51.2. The largest absolute Gasteiger partial charge is 0.436 e. The van der Waals surface area contributed by atoms with Crippen molar-refractivity contribution in [3.8, 4) is 11.5 Å². The van der Waals surface area contributed by atoms with E-state index in [1.54, 1.807) is 29.2 Å². The summed E-state index contributed by atoms with van der Waals surface area (Å²) in [6.45, 7) is 1.97. The van der Waals surface area contributed by atoms with Crippen molar-refractivity contribution in [3.05, 3.63) is 101 Å². The lowest BCUT2D eigenvalue weighted by atomic mass is 9.80. The first-order chi connectivity index (χ1) is 21.2. The Balaban J connectivity index is 1.08. The number of aromatic nitrogens is 3. The van der Waals surface area contributed by atoms with Gasteiger partial charge >= 0.3 is 6.18 Å². The Morgan fingerprint density at radius 3 is 2.39 bits per heavy atom. The Hall–Kier alpha value is -4.55. The number of alkyl halides is 3. The summed E-state index contributed by atoms with van der Waals surface area (Å²) in [6.07, 6.45) is -2.39. The van der Waals surface area contributed by atoms with Crippen molar-refractivity contribution in [2.75, 3.05) is 26.2 Å². The zero-order chi connectivity index (χ0) is 30.5. The second kappa shape index (κ2) is 10.9. The Labute approximate surface area is 249 Å². The minimum absolute atomic E-state index is 0.0888. The third-order valence-electron chi connectivity index (χ3n) is 8.41. The molecule has 2 aliphatic rings. The topological polar surface area (TPSA) is 109 Å². The number of halogens is 3. The molecular weight excluding hydrogens is 575 g/mol. The fourth-order valence-electron chi connectivity index (χ4n) is 5.78. The molecule has 3 aromatic carbocycles. The molecule has 3 heterocycles. The van der Waals surface area contributed by atoms with Gasteiger partial charge in [0.05, 0.1) is 5.56 Å². The van der Waals surface area contributed by atoms with Crippen LogP contribution in [0.2, 0.25) is 0 Å². The molecule has 1 atom stereocenters. The summed E-state index contributed by atoms with van der Waals surface area (Å²) in [5, 5.41) is 19.2. The highest BCUT2D eigenvalue weighted by Crippen LogP contribution is 2.41. The van der Waals surface area contributed by atoms with Crippen molar-refractivity contribution in [1.29, 1.82) is 0 Å². The van der Waals surface area contributed by atoms with Gasteiger partial charge in [-0.05, 0) is 61.2 Å². The fraction of sp³-hybridized carbons (Fsp3) is 0.312. The van der Waals surface area contributed by atoms with Gasteiger partial charge in [0.25, 0.3) is 5.91 Å². The van der Waals surface area contributed by atoms with E-state index < -0.39 is 17.3 Å². The summed E-state index contributed by atoms with van der Waals surface area (Å²) in [7, 11) is 0. The smallest absolute Gasteiger partial charge is 0.416 e. The van der Waals surface area contributed by atoms with Crippen LogP contribution in [0, 0.1) is 0 Å². The van der Waals surface area contributed by atoms with Crippen LogP contribution in [0.5, 0.6) is 0 Å². The first-order valence-corrected chi connectivity index (χ1v) is 14.4. The van der Waals surface area contributed by atoms with Gasteiger partial charge in [-0.2, -0.15) is 13.2 Å². The molecule has 1 amide bonds. The van der Waals surface area contributed by atoms with Crippen LogP contribution in [-0.4, -0.2) is 62.2 Å². The van der Waals surface area contributed by atoms with E-state index >= 15 is 0 Å². The van der Waals surface area contributed by atoms with Crippen molar-refractivity contribution < 1.29 is 31.9 Å². The van der Waals surface area contributed by atoms with E-state index in [0.29, 0.717) is 56.0 Å². The number of fused-ring (bicyclic) bond motifs is 1. The third-order valence-corrected chi connectivity index (χ3v) is 8.41. The minimum Gasteiger partial charge on any atom is -0.436 e. The van der Waals surface area contributed by atoms with Crippen LogP contribution in [0.15, 0.2) is 81.6 Å². The van der Waals surface area contributed by atoms with Crippen LogP contribution in [0.4, 0.5) is 13.2 Å². The molecule has 1 N–H and O–H groups in total. The van der Waals surface area contributed by atoms with Gasteiger partial charge in [-0.15, -0.1) is 10.2 Å². The van der Waals surface area contributed by atoms with Crippen molar-refractivity contribution in [3.63, 3.8) is 0 Å². The Morgan fingerprint density at radius 1 is 0.909 bits per heavy atom. The SMILES string of the molecule is O=C(c1cccc(-c2nc3cc(C(F)(F)F)ccc3o2)c1)N1CCN(C(c2ccccc2)c2nnc(C3(O)CCC3)o2)CC1. The lowest BCUT2D eigenvalue weighted by Crippen LogP contribution is -2.50. The minimum atomic E-state index is -4.49. The molecule has 12 heteroatoms. The number of piperazine rings is 1. The quantitative estimate of drug-likeness (QED) is 0.259. The summed E-state index contributed by atoms with van der Waals surface area (Å²) in [5.41, 5.74) is 0.326. The summed E-state index contributed by atoms with van der Waals surface area (Å²) in [6, 6.07) is 19.3. The number of oxazole rings is 1. The van der Waals surface area contributed by atoms with Crippen LogP contribution in [0.25, 0.3) is 22.6 Å². The van der Waals surface area contributed by atoms with Crippen molar-refractivity contribution in [2.45, 2.75) is 37.1 Å². The van der Waals surface area contributed by atoms with E-state index in [1.807, 2.05) is 30.3 Å². The lowest BCUT2D eigenvalue weighted by molar-refractivity contribution is -0.137. The number of hydrogen-bond acceptors (Lipinski definition) is 8. The van der Waals surface area contributed by atoms with Gasteiger partial charge in [-0.1, -0.05) is 36.4 Å². The highest BCUT2D eigenvalue weighted by Gasteiger charge is 2.42. The normalized spacial score (nSPS) is 17.9. The van der Waals surface area contributed by atoms with Crippen LogP contribution < -0.4 is 0 Å². The van der Waals surface area contributed by atoms with Crippen molar-refractivity contribution in [2.24, 2.45) is 0 Å². The van der Waals surface area contributed by atoms with E-state index in [-0.39, 0.29) is 34.8 Å². The zero-order valence-corrected chi connectivity index (χ0v) is 23.5. The van der Waals surface area contributed by atoms with E-state index in [4.69, 9.17) is 8.83 Å². The van der Waals surface area contributed by atoms with Gasteiger partial charge < -0.3 is 18.8 Å². The maximum Gasteiger partial charge on any atom is 0.416 e. The molecule has 1 unspecified atom stereocenters. The van der Waals surface area contributed by atoms with Crippen molar-refractivity contribution >= 4 is 17.0 Å². The van der Waals surface area contributed by atoms with Crippen molar-refractivity contribution in [1.82, 2.24) is 25.0 Å². The molecule has 0 radical (unpaired) electrons. The first kappa shape index (κ1) is 28.2. The standard InChI is InChI=1S/C32H28F3N5O4/c33-32(34,35)23-10-11-25-24(19-23)36-27(43-25)21-8-4-9-22(18-21)29(41)40-16-14-39(15-17-40)26(20-6-2-1-3-7-20)28-37-38-30(44-28)31(42)12-5-13-31/h1-4,6-11,18-19,26,42H,5,12-17H2.